The third-order valence-electron chi connectivity index (χ3n) is 6.11. The highest BCUT2D eigenvalue weighted by atomic mass is 32.2. The molecule has 8 nitrogen and oxygen atoms in total. The standard InChI is InChI=1S/C11H18F6N2O2S.C8H12F6N2O2S/c1-3-4-18-5-7-19(8-6-18)22(20,21)11(16,17)10(14,15)9(2,12)13;1-6(9,10)7(11,12)8(13,14)19(17,18)16-4-2-15-3-5-16/h3-8H2,1-2H3;15H,2-5H2,1H3. The summed E-state index contributed by atoms with van der Waals surface area (Å²) in [4.78, 5) is 1.77. The molecule has 0 atom stereocenters. The fourth-order valence-electron chi connectivity index (χ4n) is 3.55. The van der Waals surface area contributed by atoms with Gasteiger partial charge in [-0.3, -0.25) is 0 Å². The molecular formula is C19H30F12N4O4S2. The quantitative estimate of drug-likeness (QED) is 0.359. The van der Waals surface area contributed by atoms with E-state index in [1.165, 1.54) is 0 Å². The lowest BCUT2D eigenvalue weighted by Gasteiger charge is -2.38. The van der Waals surface area contributed by atoms with Gasteiger partial charge in [0.25, 0.3) is 20.0 Å². The van der Waals surface area contributed by atoms with Gasteiger partial charge in [0.15, 0.2) is 0 Å². The Bertz CT molecular complexity index is 1080. The first kappa shape index (κ1) is 37.9. The highest BCUT2D eigenvalue weighted by Gasteiger charge is 2.77. The summed E-state index contributed by atoms with van der Waals surface area (Å²) >= 11 is 0. The summed E-state index contributed by atoms with van der Waals surface area (Å²) in [5, 5.41) is -9.14. The molecule has 0 saturated carbocycles. The van der Waals surface area contributed by atoms with Gasteiger partial charge in [-0.25, -0.2) is 16.8 Å². The van der Waals surface area contributed by atoms with Crippen LogP contribution in [0.3, 0.4) is 0 Å². The molecular weight excluding hydrogens is 640 g/mol. The Morgan fingerprint density at radius 2 is 0.902 bits per heavy atom. The average molecular weight is 671 g/mol. The summed E-state index contributed by atoms with van der Waals surface area (Å²) in [5.74, 6) is -22.3. The summed E-state index contributed by atoms with van der Waals surface area (Å²) in [6, 6.07) is 0. The van der Waals surface area contributed by atoms with Crippen molar-refractivity contribution in [1.82, 2.24) is 18.8 Å². The molecule has 41 heavy (non-hydrogen) atoms. The van der Waals surface area contributed by atoms with Crippen LogP contribution in [0.5, 0.6) is 0 Å². The molecule has 246 valence electrons. The van der Waals surface area contributed by atoms with Crippen LogP contribution < -0.4 is 5.32 Å². The summed E-state index contributed by atoms with van der Waals surface area (Å²) in [5.41, 5.74) is 0. The van der Waals surface area contributed by atoms with Gasteiger partial charge in [-0.1, -0.05) is 6.92 Å². The minimum atomic E-state index is -6.00. The average Bonchev–Trinajstić information content (AvgIpc) is 2.83. The van der Waals surface area contributed by atoms with E-state index >= 15 is 0 Å². The van der Waals surface area contributed by atoms with Crippen LogP contribution in [0.4, 0.5) is 52.7 Å². The predicted molar refractivity (Wildman–Crippen MR) is 122 cm³/mol. The Kier molecular flexibility index (Phi) is 11.5. The highest BCUT2D eigenvalue weighted by molar-refractivity contribution is 7.90. The van der Waals surface area contributed by atoms with E-state index in [2.05, 4.69) is 5.32 Å². The maximum absolute atomic E-state index is 13.6. The number of alkyl halides is 12. The molecule has 2 rings (SSSR count). The Balaban J connectivity index is 0.000000414. The van der Waals surface area contributed by atoms with Gasteiger partial charge in [-0.2, -0.15) is 61.3 Å². The number of nitrogens with zero attached hydrogens (tertiary/aromatic N) is 3. The van der Waals surface area contributed by atoms with Crippen LogP contribution in [-0.4, -0.2) is 123 Å². The van der Waals surface area contributed by atoms with Gasteiger partial charge in [0.1, 0.15) is 0 Å². The van der Waals surface area contributed by atoms with E-state index in [1.807, 2.05) is 6.92 Å². The van der Waals surface area contributed by atoms with Gasteiger partial charge < -0.3 is 10.2 Å². The third-order valence-corrected chi connectivity index (χ3v) is 10.0. The van der Waals surface area contributed by atoms with Gasteiger partial charge in [0.05, 0.1) is 0 Å². The molecule has 2 fully saturated rings. The topological polar surface area (TPSA) is 90.0 Å². The fraction of sp³-hybridized carbons (Fsp3) is 1.00. The minimum Gasteiger partial charge on any atom is -0.314 e. The lowest BCUT2D eigenvalue weighted by Crippen LogP contribution is -2.62. The lowest BCUT2D eigenvalue weighted by molar-refractivity contribution is -0.272. The maximum Gasteiger partial charge on any atom is 0.427 e. The minimum absolute atomic E-state index is 0.0244. The number of halogens is 12. The van der Waals surface area contributed by atoms with E-state index in [0.717, 1.165) is 6.42 Å². The second kappa shape index (κ2) is 12.5. The second-order valence-corrected chi connectivity index (χ2v) is 13.3. The van der Waals surface area contributed by atoms with Crippen molar-refractivity contribution >= 4 is 20.0 Å². The molecule has 0 radical (unpaired) electrons. The van der Waals surface area contributed by atoms with E-state index in [-0.39, 0.29) is 34.8 Å². The van der Waals surface area contributed by atoms with Gasteiger partial charge in [0.2, 0.25) is 0 Å². The predicted octanol–water partition coefficient (Wildman–Crippen LogP) is 3.33. The van der Waals surface area contributed by atoms with Crippen molar-refractivity contribution in [2.45, 2.75) is 61.4 Å². The molecule has 0 spiro atoms. The molecule has 22 heteroatoms. The van der Waals surface area contributed by atoms with Gasteiger partial charge in [0, 0.05) is 66.2 Å². The second-order valence-electron chi connectivity index (χ2n) is 9.36. The smallest absolute Gasteiger partial charge is 0.314 e. The number of rotatable bonds is 10. The Morgan fingerprint density at radius 3 is 1.20 bits per heavy atom. The lowest BCUT2D eigenvalue weighted by atomic mass is 10.2. The highest BCUT2D eigenvalue weighted by Crippen LogP contribution is 2.50. The number of sulfonamides is 2. The zero-order valence-corrected chi connectivity index (χ0v) is 23.5. The van der Waals surface area contributed by atoms with E-state index < -0.39 is 94.3 Å². The number of hydrogen-bond donors (Lipinski definition) is 1. The number of nitrogens with one attached hydrogen (secondary N) is 1. The molecule has 0 aromatic carbocycles. The molecule has 0 aromatic heterocycles. The summed E-state index contributed by atoms with van der Waals surface area (Å²) < 4.78 is 204. The number of piperazine rings is 2. The largest absolute Gasteiger partial charge is 0.427 e. The maximum atomic E-state index is 13.6. The van der Waals surface area contributed by atoms with Crippen LogP contribution >= 0.6 is 0 Å². The normalized spacial score (nSPS) is 20.5. The van der Waals surface area contributed by atoms with Gasteiger partial charge >= 0.3 is 34.2 Å². The number of hydrogen-bond acceptors (Lipinski definition) is 6. The fourth-order valence-corrected chi connectivity index (χ4v) is 6.52. The van der Waals surface area contributed by atoms with Crippen molar-refractivity contribution in [3.8, 4) is 0 Å². The van der Waals surface area contributed by atoms with Gasteiger partial charge in [-0.05, 0) is 13.0 Å². The summed E-state index contributed by atoms with van der Waals surface area (Å²) in [6.07, 6.45) is 0.753. The van der Waals surface area contributed by atoms with Crippen LogP contribution in [0, 0.1) is 0 Å². The SMILES string of the molecule is CC(F)(F)C(F)(F)C(F)(F)S(=O)(=O)N1CCNCC1.CCCN1CCN(S(=O)(=O)C(F)(F)C(F)(F)C(C)(F)F)CC1. The summed E-state index contributed by atoms with van der Waals surface area (Å²) in [6.45, 7) is -0.154. The Morgan fingerprint density at radius 1 is 0.585 bits per heavy atom. The van der Waals surface area contributed by atoms with Crippen molar-refractivity contribution in [3.63, 3.8) is 0 Å². The van der Waals surface area contributed by atoms with E-state index in [0.29, 0.717) is 6.54 Å². The Hall–Kier alpha value is -1.10. The molecule has 2 aliphatic rings. The molecule has 1 N–H and O–H groups in total. The molecule has 0 unspecified atom stereocenters. The van der Waals surface area contributed by atoms with Crippen LogP contribution in [0.25, 0.3) is 0 Å². The molecule has 2 saturated heterocycles. The Labute approximate surface area is 229 Å². The molecule has 0 amide bonds. The first-order valence-electron chi connectivity index (χ1n) is 11.8. The van der Waals surface area contributed by atoms with Crippen LogP contribution in [0.15, 0.2) is 0 Å². The molecule has 0 aliphatic carbocycles. The molecule has 2 heterocycles. The zero-order chi connectivity index (χ0) is 32.5. The van der Waals surface area contributed by atoms with Crippen molar-refractivity contribution in [3.05, 3.63) is 0 Å². The van der Waals surface area contributed by atoms with E-state index in [1.54, 1.807) is 4.90 Å². The van der Waals surface area contributed by atoms with Crippen molar-refractivity contribution in [2.24, 2.45) is 0 Å². The van der Waals surface area contributed by atoms with Crippen LogP contribution in [-0.2, 0) is 20.0 Å². The monoisotopic (exact) mass is 670 g/mol. The van der Waals surface area contributed by atoms with Gasteiger partial charge in [-0.15, -0.1) is 0 Å². The summed E-state index contributed by atoms with van der Waals surface area (Å²) in [7, 11) is -11.8. The van der Waals surface area contributed by atoms with Crippen molar-refractivity contribution in [2.75, 3.05) is 58.9 Å². The van der Waals surface area contributed by atoms with Crippen molar-refractivity contribution in [1.29, 1.82) is 0 Å². The van der Waals surface area contributed by atoms with Crippen LogP contribution in [0.2, 0.25) is 0 Å². The van der Waals surface area contributed by atoms with Crippen LogP contribution in [0.1, 0.15) is 27.2 Å². The molecule has 0 aromatic rings. The van der Waals surface area contributed by atoms with E-state index in [9.17, 15) is 69.5 Å². The van der Waals surface area contributed by atoms with Crippen molar-refractivity contribution < 1.29 is 69.5 Å². The zero-order valence-electron chi connectivity index (χ0n) is 21.9. The molecule has 0 bridgehead atoms. The van der Waals surface area contributed by atoms with E-state index in [4.69, 9.17) is 0 Å². The first-order valence-corrected chi connectivity index (χ1v) is 14.7. The molecule has 2 aliphatic heterocycles. The first-order chi connectivity index (χ1) is 18.1. The third kappa shape index (κ3) is 7.18.